The van der Waals surface area contributed by atoms with Crippen molar-refractivity contribution < 1.29 is 0 Å². The predicted molar refractivity (Wildman–Crippen MR) is 44.7 cm³/mol. The summed E-state index contributed by atoms with van der Waals surface area (Å²) in [5, 5.41) is 7.52. The Morgan fingerprint density at radius 3 is 1.60 bits per heavy atom. The maximum absolute atomic E-state index is 7.52. The SMILES string of the molecule is N=C1CCCCCCCC1. The van der Waals surface area contributed by atoms with Crippen molar-refractivity contribution in [1.29, 1.82) is 5.41 Å². The maximum Gasteiger partial charge on any atom is 0.00891 e. The Hall–Kier alpha value is -0.330. The lowest BCUT2D eigenvalue weighted by molar-refractivity contribution is 0.624. The molecule has 0 unspecified atom stereocenters. The first kappa shape index (κ1) is 7.77. The molecule has 0 spiro atoms. The van der Waals surface area contributed by atoms with Crippen molar-refractivity contribution in [2.45, 2.75) is 51.4 Å². The molecule has 0 aromatic carbocycles. The highest BCUT2D eigenvalue weighted by Crippen LogP contribution is 2.13. The van der Waals surface area contributed by atoms with Crippen molar-refractivity contribution in [3.05, 3.63) is 0 Å². The fourth-order valence-corrected chi connectivity index (χ4v) is 1.51. The lowest BCUT2D eigenvalue weighted by atomic mass is 10.1. The molecule has 0 bridgehead atoms. The van der Waals surface area contributed by atoms with Crippen LogP contribution in [0.5, 0.6) is 0 Å². The second-order valence-electron chi connectivity index (χ2n) is 3.22. The molecular weight excluding hydrogens is 122 g/mol. The van der Waals surface area contributed by atoms with E-state index in [1.807, 2.05) is 0 Å². The van der Waals surface area contributed by atoms with Gasteiger partial charge in [-0.25, -0.2) is 0 Å². The molecule has 58 valence electrons. The lowest BCUT2D eigenvalue weighted by Crippen LogP contribution is -1.94. The Balaban J connectivity index is 2.21. The van der Waals surface area contributed by atoms with Crippen LogP contribution in [0.15, 0.2) is 0 Å². The van der Waals surface area contributed by atoms with E-state index in [9.17, 15) is 0 Å². The summed E-state index contributed by atoms with van der Waals surface area (Å²) in [4.78, 5) is 0. The zero-order chi connectivity index (χ0) is 7.23. The van der Waals surface area contributed by atoms with Crippen LogP contribution in [0.1, 0.15) is 51.4 Å². The Morgan fingerprint density at radius 1 is 0.700 bits per heavy atom. The average molecular weight is 139 g/mol. The minimum atomic E-state index is 0.988. The summed E-state index contributed by atoms with van der Waals surface area (Å²) in [5.74, 6) is 0. The van der Waals surface area contributed by atoms with Crippen LogP contribution in [0.2, 0.25) is 0 Å². The van der Waals surface area contributed by atoms with E-state index in [0.29, 0.717) is 0 Å². The minimum absolute atomic E-state index is 0.988. The predicted octanol–water partition coefficient (Wildman–Crippen LogP) is 3.14. The molecule has 0 aromatic rings. The van der Waals surface area contributed by atoms with E-state index in [2.05, 4.69) is 0 Å². The van der Waals surface area contributed by atoms with Crippen LogP contribution in [0.4, 0.5) is 0 Å². The zero-order valence-electron chi connectivity index (χ0n) is 6.66. The largest absolute Gasteiger partial charge is 0.310 e. The van der Waals surface area contributed by atoms with Gasteiger partial charge in [-0.05, 0) is 25.7 Å². The standard InChI is InChI=1S/C9H17N/c10-9-7-5-3-1-2-4-6-8-9/h10H,1-8H2. The summed E-state index contributed by atoms with van der Waals surface area (Å²) in [6, 6.07) is 0. The number of nitrogens with one attached hydrogen (secondary N) is 1. The van der Waals surface area contributed by atoms with Crippen molar-refractivity contribution in [3.63, 3.8) is 0 Å². The molecule has 1 aliphatic rings. The van der Waals surface area contributed by atoms with E-state index in [1.54, 1.807) is 0 Å². The molecule has 0 heterocycles. The number of rotatable bonds is 0. The summed E-state index contributed by atoms with van der Waals surface area (Å²) in [7, 11) is 0. The van der Waals surface area contributed by atoms with Gasteiger partial charge in [0.25, 0.3) is 0 Å². The van der Waals surface area contributed by atoms with Crippen molar-refractivity contribution in [3.8, 4) is 0 Å². The van der Waals surface area contributed by atoms with E-state index in [1.165, 1.54) is 38.5 Å². The van der Waals surface area contributed by atoms with Crippen molar-refractivity contribution in [1.82, 2.24) is 0 Å². The fraction of sp³-hybridized carbons (Fsp3) is 0.889. The molecule has 0 radical (unpaired) electrons. The Morgan fingerprint density at radius 2 is 1.10 bits per heavy atom. The third-order valence-corrected chi connectivity index (χ3v) is 2.21. The maximum atomic E-state index is 7.52. The molecule has 1 fully saturated rings. The van der Waals surface area contributed by atoms with Gasteiger partial charge in [-0.1, -0.05) is 25.7 Å². The van der Waals surface area contributed by atoms with Gasteiger partial charge in [0.2, 0.25) is 0 Å². The third kappa shape index (κ3) is 3.00. The molecule has 0 saturated heterocycles. The minimum Gasteiger partial charge on any atom is -0.310 e. The third-order valence-electron chi connectivity index (χ3n) is 2.21. The van der Waals surface area contributed by atoms with Gasteiger partial charge in [0.1, 0.15) is 0 Å². The van der Waals surface area contributed by atoms with E-state index in [0.717, 1.165) is 18.6 Å². The van der Waals surface area contributed by atoms with Crippen LogP contribution in [0, 0.1) is 5.41 Å². The van der Waals surface area contributed by atoms with Crippen molar-refractivity contribution >= 4 is 5.71 Å². The van der Waals surface area contributed by atoms with Gasteiger partial charge >= 0.3 is 0 Å². The first-order chi connectivity index (χ1) is 4.89. The highest BCUT2D eigenvalue weighted by atomic mass is 14.4. The van der Waals surface area contributed by atoms with Crippen molar-refractivity contribution in [2.24, 2.45) is 0 Å². The van der Waals surface area contributed by atoms with Crippen LogP contribution in [0.3, 0.4) is 0 Å². The molecule has 10 heavy (non-hydrogen) atoms. The average Bonchev–Trinajstić information content (AvgIpc) is 2.02. The molecule has 0 aliphatic heterocycles. The van der Waals surface area contributed by atoms with Gasteiger partial charge < -0.3 is 5.41 Å². The molecule has 0 amide bonds. The Bertz CT molecular complexity index is 95.3. The molecule has 1 N–H and O–H groups in total. The Labute approximate surface area is 63.3 Å². The monoisotopic (exact) mass is 139 g/mol. The van der Waals surface area contributed by atoms with Crippen LogP contribution in [0.25, 0.3) is 0 Å². The smallest absolute Gasteiger partial charge is 0.00891 e. The van der Waals surface area contributed by atoms with E-state index < -0.39 is 0 Å². The van der Waals surface area contributed by atoms with Crippen molar-refractivity contribution in [2.75, 3.05) is 0 Å². The molecule has 0 atom stereocenters. The second kappa shape index (κ2) is 4.48. The summed E-state index contributed by atoms with van der Waals surface area (Å²) in [6.07, 6.45) is 10.2. The summed E-state index contributed by atoms with van der Waals surface area (Å²) in [5.41, 5.74) is 0.988. The molecule has 1 saturated carbocycles. The summed E-state index contributed by atoms with van der Waals surface area (Å²) >= 11 is 0. The normalized spacial score (nSPS) is 23.0. The highest BCUT2D eigenvalue weighted by Gasteiger charge is 2.00. The highest BCUT2D eigenvalue weighted by molar-refractivity contribution is 5.81. The first-order valence-electron chi connectivity index (χ1n) is 4.46. The molecule has 1 aliphatic carbocycles. The van der Waals surface area contributed by atoms with Gasteiger partial charge in [-0.3, -0.25) is 0 Å². The van der Waals surface area contributed by atoms with Gasteiger partial charge in [0.15, 0.2) is 0 Å². The molecular formula is C9H17N. The van der Waals surface area contributed by atoms with E-state index in [-0.39, 0.29) is 0 Å². The van der Waals surface area contributed by atoms with Gasteiger partial charge in [-0.2, -0.15) is 0 Å². The van der Waals surface area contributed by atoms with Crippen LogP contribution in [-0.2, 0) is 0 Å². The molecule has 0 aromatic heterocycles. The zero-order valence-corrected chi connectivity index (χ0v) is 6.66. The van der Waals surface area contributed by atoms with Crippen LogP contribution < -0.4 is 0 Å². The summed E-state index contributed by atoms with van der Waals surface area (Å²) < 4.78 is 0. The first-order valence-corrected chi connectivity index (χ1v) is 4.46. The second-order valence-corrected chi connectivity index (χ2v) is 3.22. The van der Waals surface area contributed by atoms with Gasteiger partial charge in [-0.15, -0.1) is 0 Å². The Kier molecular flexibility index (Phi) is 3.48. The lowest BCUT2D eigenvalue weighted by Gasteiger charge is -1.97. The summed E-state index contributed by atoms with van der Waals surface area (Å²) in [6.45, 7) is 0. The van der Waals surface area contributed by atoms with Gasteiger partial charge in [0.05, 0.1) is 0 Å². The topological polar surface area (TPSA) is 23.9 Å². The molecule has 1 nitrogen and oxygen atoms in total. The van der Waals surface area contributed by atoms with E-state index in [4.69, 9.17) is 5.41 Å². The van der Waals surface area contributed by atoms with Gasteiger partial charge in [0, 0.05) is 5.71 Å². The van der Waals surface area contributed by atoms with Crippen LogP contribution in [-0.4, -0.2) is 5.71 Å². The number of hydrogen-bond acceptors (Lipinski definition) is 1. The molecule has 1 heteroatoms. The van der Waals surface area contributed by atoms with Crippen LogP contribution >= 0.6 is 0 Å². The molecule has 1 rings (SSSR count). The quantitative estimate of drug-likeness (QED) is 0.533. The fourth-order valence-electron chi connectivity index (χ4n) is 1.51. The van der Waals surface area contributed by atoms with E-state index >= 15 is 0 Å². The number of hydrogen-bond donors (Lipinski definition) is 1.